The van der Waals surface area contributed by atoms with Crippen molar-refractivity contribution in [1.29, 1.82) is 0 Å². The second kappa shape index (κ2) is 11.5. The molecule has 0 fully saturated rings. The van der Waals surface area contributed by atoms with Crippen LogP contribution in [0.3, 0.4) is 0 Å². The fourth-order valence-corrected chi connectivity index (χ4v) is 4.96. The molecular formula is C28H26N4O7S. The molecule has 2 heterocycles. The molecule has 40 heavy (non-hydrogen) atoms. The highest BCUT2D eigenvalue weighted by molar-refractivity contribution is 7.00. The zero-order valence-electron chi connectivity index (χ0n) is 22.2. The van der Waals surface area contributed by atoms with Crippen LogP contribution in [0.15, 0.2) is 54.6 Å². The molecule has 0 bridgehead atoms. The Kier molecular flexibility index (Phi) is 7.69. The highest BCUT2D eigenvalue weighted by Gasteiger charge is 2.25. The van der Waals surface area contributed by atoms with Crippen LogP contribution in [-0.4, -0.2) is 53.5 Å². The van der Waals surface area contributed by atoms with Crippen LogP contribution in [-0.2, 0) is 16.0 Å². The molecule has 0 saturated carbocycles. The molecule has 11 nitrogen and oxygen atoms in total. The second-order valence-electron chi connectivity index (χ2n) is 8.56. The van der Waals surface area contributed by atoms with E-state index in [0.717, 1.165) is 33.8 Å². The summed E-state index contributed by atoms with van der Waals surface area (Å²) in [7, 11) is 4.39. The average molecular weight is 563 g/mol. The molecule has 1 amide bonds. The third-order valence-electron chi connectivity index (χ3n) is 6.22. The van der Waals surface area contributed by atoms with E-state index in [0.29, 0.717) is 40.2 Å². The van der Waals surface area contributed by atoms with Crippen LogP contribution in [0.2, 0.25) is 0 Å². The lowest BCUT2D eigenvalue weighted by Gasteiger charge is -2.13. The van der Waals surface area contributed by atoms with Crippen LogP contribution < -0.4 is 19.5 Å². The van der Waals surface area contributed by atoms with Gasteiger partial charge < -0.3 is 28.3 Å². The number of methoxy groups -OCH3 is 3. The number of carbonyl (C=O) groups is 2. The molecule has 0 saturated heterocycles. The molecule has 0 radical (unpaired) electrons. The smallest absolute Gasteiger partial charge is 0.493 e. The quantitative estimate of drug-likeness (QED) is 0.224. The van der Waals surface area contributed by atoms with Crippen molar-refractivity contribution in [2.45, 2.75) is 13.5 Å². The van der Waals surface area contributed by atoms with Crippen molar-refractivity contribution in [3.05, 3.63) is 60.2 Å². The number of amides is 1. The first-order valence-electron chi connectivity index (χ1n) is 12.2. The summed E-state index contributed by atoms with van der Waals surface area (Å²) in [4.78, 5) is 24.7. The van der Waals surface area contributed by atoms with E-state index in [4.69, 9.17) is 23.7 Å². The predicted octanol–water partition coefficient (Wildman–Crippen LogP) is 6.09. The molecule has 3 aromatic carbocycles. The van der Waals surface area contributed by atoms with E-state index in [1.807, 2.05) is 34.9 Å². The lowest BCUT2D eigenvalue weighted by atomic mass is 10.0. The van der Waals surface area contributed by atoms with Crippen LogP contribution in [0.25, 0.3) is 33.1 Å². The number of hydrogen-bond acceptors (Lipinski definition) is 10. The zero-order chi connectivity index (χ0) is 28.2. The Labute approximate surface area is 233 Å². The number of nitrogens with one attached hydrogen (secondary N) is 1. The molecule has 1 N–H and O–H groups in total. The van der Waals surface area contributed by atoms with E-state index in [1.54, 1.807) is 45.4 Å². The van der Waals surface area contributed by atoms with Gasteiger partial charge in [-0.05, 0) is 60.5 Å². The molecule has 0 unspecified atom stereocenters. The van der Waals surface area contributed by atoms with Crippen molar-refractivity contribution in [3.8, 4) is 28.5 Å². The number of nitrogens with zero attached hydrogens (tertiary/aromatic N) is 3. The predicted molar refractivity (Wildman–Crippen MR) is 151 cm³/mol. The van der Waals surface area contributed by atoms with Gasteiger partial charge in [0.2, 0.25) is 5.88 Å². The number of rotatable bonds is 8. The first-order valence-corrected chi connectivity index (χ1v) is 13.0. The molecule has 2 aromatic heterocycles. The maximum absolute atomic E-state index is 12.7. The summed E-state index contributed by atoms with van der Waals surface area (Å²) in [6, 6.07) is 16.6. The Morgan fingerprint density at radius 3 is 2.48 bits per heavy atom. The third kappa shape index (κ3) is 5.21. The number of anilines is 1. The highest BCUT2D eigenvalue weighted by atomic mass is 32.1. The number of benzene rings is 3. The van der Waals surface area contributed by atoms with E-state index in [1.165, 1.54) is 7.11 Å². The van der Waals surface area contributed by atoms with Crippen LogP contribution >= 0.6 is 11.7 Å². The summed E-state index contributed by atoms with van der Waals surface area (Å²) in [5.41, 5.74) is 5.02. The maximum atomic E-state index is 12.7. The molecule has 206 valence electrons. The average Bonchev–Trinajstić information content (AvgIpc) is 3.54. The van der Waals surface area contributed by atoms with E-state index in [9.17, 15) is 9.59 Å². The SMILES string of the molecule is CCOC(=O)Oc1c(-c2ccc(OC)c(OC)c2)c2cc(NC(=O)OC)ccc2n1Cc1ccc2nsnc2c1. The van der Waals surface area contributed by atoms with Gasteiger partial charge in [-0.2, -0.15) is 8.75 Å². The maximum Gasteiger partial charge on any atom is 0.515 e. The molecule has 5 aromatic rings. The Morgan fingerprint density at radius 2 is 1.73 bits per heavy atom. The van der Waals surface area contributed by atoms with Gasteiger partial charge in [-0.1, -0.05) is 12.1 Å². The topological polar surface area (TPSA) is 123 Å². The van der Waals surface area contributed by atoms with Crippen molar-refractivity contribution in [1.82, 2.24) is 13.3 Å². The van der Waals surface area contributed by atoms with Gasteiger partial charge in [0.1, 0.15) is 11.0 Å². The molecule has 0 atom stereocenters. The second-order valence-corrected chi connectivity index (χ2v) is 9.09. The van der Waals surface area contributed by atoms with Gasteiger partial charge >= 0.3 is 12.2 Å². The van der Waals surface area contributed by atoms with Crippen molar-refractivity contribution < 1.29 is 33.3 Å². The van der Waals surface area contributed by atoms with Gasteiger partial charge in [0.25, 0.3) is 0 Å². The summed E-state index contributed by atoms with van der Waals surface area (Å²) in [6.45, 7) is 2.19. The number of hydrogen-bond donors (Lipinski definition) is 1. The number of carbonyl (C=O) groups excluding carboxylic acids is 2. The van der Waals surface area contributed by atoms with Crippen LogP contribution in [0.5, 0.6) is 17.4 Å². The van der Waals surface area contributed by atoms with E-state index in [2.05, 4.69) is 14.1 Å². The minimum Gasteiger partial charge on any atom is -0.493 e. The molecule has 5 rings (SSSR count). The fraction of sp³-hybridized carbons (Fsp3) is 0.214. The fourth-order valence-electron chi connectivity index (χ4n) is 4.45. The molecule has 0 aliphatic carbocycles. The van der Waals surface area contributed by atoms with Crippen LogP contribution in [0.1, 0.15) is 12.5 Å². The summed E-state index contributed by atoms with van der Waals surface area (Å²) in [6.07, 6.45) is -1.46. The Morgan fingerprint density at radius 1 is 0.925 bits per heavy atom. The lowest BCUT2D eigenvalue weighted by Crippen LogP contribution is -2.14. The van der Waals surface area contributed by atoms with Gasteiger partial charge in [-0.25, -0.2) is 9.59 Å². The summed E-state index contributed by atoms with van der Waals surface area (Å²) < 4.78 is 37.3. The van der Waals surface area contributed by atoms with Gasteiger partial charge in [0, 0.05) is 11.1 Å². The zero-order valence-corrected chi connectivity index (χ0v) is 23.0. The van der Waals surface area contributed by atoms with Crippen LogP contribution in [0, 0.1) is 0 Å². The van der Waals surface area contributed by atoms with Gasteiger partial charge in [0.05, 0.1) is 57.3 Å². The number of ether oxygens (including phenoxy) is 5. The van der Waals surface area contributed by atoms with Crippen molar-refractivity contribution in [2.24, 2.45) is 0 Å². The molecule has 0 spiro atoms. The minimum atomic E-state index is -0.847. The Balaban J connectivity index is 1.76. The van der Waals surface area contributed by atoms with Gasteiger partial charge in [-0.15, -0.1) is 0 Å². The molecule has 0 aliphatic heterocycles. The highest BCUT2D eigenvalue weighted by Crippen LogP contribution is 2.44. The first kappa shape index (κ1) is 26.8. The van der Waals surface area contributed by atoms with Gasteiger partial charge in [-0.3, -0.25) is 5.32 Å². The van der Waals surface area contributed by atoms with E-state index < -0.39 is 12.2 Å². The largest absolute Gasteiger partial charge is 0.515 e. The van der Waals surface area contributed by atoms with E-state index in [-0.39, 0.29) is 12.5 Å². The molecule has 0 aliphatic rings. The van der Waals surface area contributed by atoms with Crippen molar-refractivity contribution in [2.75, 3.05) is 33.3 Å². The molecule has 12 heteroatoms. The number of fused-ring (bicyclic) bond motifs is 2. The minimum absolute atomic E-state index is 0.144. The summed E-state index contributed by atoms with van der Waals surface area (Å²) >= 11 is 1.14. The summed E-state index contributed by atoms with van der Waals surface area (Å²) in [5.74, 6) is 1.29. The first-order chi connectivity index (χ1) is 19.4. The van der Waals surface area contributed by atoms with Crippen molar-refractivity contribution >= 4 is 51.6 Å². The molecular weight excluding hydrogens is 536 g/mol. The van der Waals surface area contributed by atoms with Crippen molar-refractivity contribution in [3.63, 3.8) is 0 Å². The lowest BCUT2D eigenvalue weighted by molar-refractivity contribution is 0.101. The summed E-state index contributed by atoms with van der Waals surface area (Å²) in [5, 5.41) is 3.40. The third-order valence-corrected chi connectivity index (χ3v) is 6.78. The van der Waals surface area contributed by atoms with E-state index >= 15 is 0 Å². The normalized spacial score (nSPS) is 10.9. The van der Waals surface area contributed by atoms with Gasteiger partial charge in [0.15, 0.2) is 11.5 Å². The monoisotopic (exact) mass is 562 g/mol. The van der Waals surface area contributed by atoms with Crippen LogP contribution in [0.4, 0.5) is 15.3 Å². The Hall–Kier alpha value is -4.84. The standard InChI is InChI=1S/C28H26N4O7S/c1-5-38-28(34)39-26-25(17-7-11-23(35-2)24(13-17)36-3)19-14-18(29-27(33)37-4)8-10-22(19)32(26)15-16-6-9-20-21(12-16)31-40-30-20/h6-14H,5,15H2,1-4H3,(H,29,33). The Bertz CT molecular complexity index is 1710. The number of aromatic nitrogens is 3.